The lowest BCUT2D eigenvalue weighted by atomic mass is 9.85. The van der Waals surface area contributed by atoms with E-state index in [0.717, 1.165) is 51.7 Å². The smallest absolute Gasteiger partial charge is 0.243 e. The Hall–Kier alpha value is -2.67. The number of aromatic nitrogens is 2. The molecule has 2 aliphatic heterocycles. The summed E-state index contributed by atoms with van der Waals surface area (Å²) in [5.74, 6) is 0.111. The summed E-state index contributed by atoms with van der Waals surface area (Å²) in [5, 5.41) is 6.98. The van der Waals surface area contributed by atoms with Crippen molar-refractivity contribution in [1.82, 2.24) is 19.6 Å². The Morgan fingerprint density at radius 1 is 1.17 bits per heavy atom. The molecule has 29 heavy (non-hydrogen) atoms. The van der Waals surface area contributed by atoms with E-state index in [1.807, 2.05) is 30.1 Å². The summed E-state index contributed by atoms with van der Waals surface area (Å²) in [4.78, 5) is 30.2. The molecular formula is C22H29N5O2. The van der Waals surface area contributed by atoms with Gasteiger partial charge in [-0.15, -0.1) is 0 Å². The van der Waals surface area contributed by atoms with Gasteiger partial charge in [0.2, 0.25) is 11.8 Å². The quantitative estimate of drug-likeness (QED) is 0.813. The Labute approximate surface area is 171 Å². The van der Waals surface area contributed by atoms with Gasteiger partial charge in [0.05, 0.1) is 18.4 Å². The number of piperidine rings is 1. The minimum Gasteiger partial charge on any atom is -0.341 e. The van der Waals surface area contributed by atoms with E-state index in [2.05, 4.69) is 27.4 Å². The molecule has 154 valence electrons. The number of amides is 2. The maximum atomic E-state index is 13.5. The van der Waals surface area contributed by atoms with Gasteiger partial charge in [-0.25, -0.2) is 0 Å². The summed E-state index contributed by atoms with van der Waals surface area (Å²) in [6.07, 6.45) is 7.90. The van der Waals surface area contributed by atoms with Crippen LogP contribution in [0.5, 0.6) is 0 Å². The van der Waals surface area contributed by atoms with Crippen molar-refractivity contribution in [2.75, 3.05) is 31.5 Å². The van der Waals surface area contributed by atoms with Crippen LogP contribution in [0.3, 0.4) is 0 Å². The molecule has 0 bridgehead atoms. The molecule has 0 radical (unpaired) electrons. The van der Waals surface area contributed by atoms with Gasteiger partial charge in [-0.3, -0.25) is 19.2 Å². The number of rotatable bonds is 6. The SMILES string of the molecule is Cn1cc(NC(=O)CN2CCCC23CCCN(CCc2ccccc2)C3=O)cn1. The Kier molecular flexibility index (Phi) is 5.67. The van der Waals surface area contributed by atoms with Crippen molar-refractivity contribution in [3.8, 4) is 0 Å². The second-order valence-electron chi connectivity index (χ2n) is 8.14. The molecule has 1 unspecified atom stereocenters. The fourth-order valence-corrected chi connectivity index (χ4v) is 4.74. The molecule has 1 atom stereocenters. The molecule has 0 saturated carbocycles. The lowest BCUT2D eigenvalue weighted by Gasteiger charge is -2.44. The third-order valence-corrected chi connectivity index (χ3v) is 6.16. The molecule has 1 spiro atoms. The first-order chi connectivity index (χ1) is 14.1. The van der Waals surface area contributed by atoms with Crippen LogP contribution in [0.4, 0.5) is 5.69 Å². The fourth-order valence-electron chi connectivity index (χ4n) is 4.74. The molecular weight excluding hydrogens is 366 g/mol. The number of nitrogens with one attached hydrogen (secondary N) is 1. The van der Waals surface area contributed by atoms with Crippen molar-refractivity contribution in [2.24, 2.45) is 7.05 Å². The summed E-state index contributed by atoms with van der Waals surface area (Å²) in [5.41, 5.74) is 1.42. The Morgan fingerprint density at radius 3 is 2.66 bits per heavy atom. The number of carbonyl (C=O) groups is 2. The highest BCUT2D eigenvalue weighted by atomic mass is 16.2. The summed E-state index contributed by atoms with van der Waals surface area (Å²) < 4.78 is 1.65. The average Bonchev–Trinajstić information content (AvgIpc) is 3.30. The molecule has 1 aromatic heterocycles. The predicted octanol–water partition coefficient (Wildman–Crippen LogP) is 2.06. The highest BCUT2D eigenvalue weighted by Crippen LogP contribution is 2.38. The normalized spacial score (nSPS) is 22.4. The van der Waals surface area contributed by atoms with E-state index in [0.29, 0.717) is 5.69 Å². The monoisotopic (exact) mass is 395 g/mol. The number of anilines is 1. The first-order valence-electron chi connectivity index (χ1n) is 10.4. The molecule has 3 heterocycles. The molecule has 7 nitrogen and oxygen atoms in total. The van der Waals surface area contributed by atoms with Crippen molar-refractivity contribution in [3.63, 3.8) is 0 Å². The molecule has 2 saturated heterocycles. The van der Waals surface area contributed by atoms with Crippen molar-refractivity contribution in [1.29, 1.82) is 0 Å². The molecule has 1 N–H and O–H groups in total. The van der Waals surface area contributed by atoms with Crippen LogP contribution < -0.4 is 5.32 Å². The first-order valence-corrected chi connectivity index (χ1v) is 10.4. The number of carbonyl (C=O) groups excluding carboxylic acids is 2. The molecule has 2 fully saturated rings. The second-order valence-corrected chi connectivity index (χ2v) is 8.14. The first kappa shape index (κ1) is 19.6. The summed E-state index contributed by atoms with van der Waals surface area (Å²) in [6, 6.07) is 10.3. The van der Waals surface area contributed by atoms with Crippen LogP contribution >= 0.6 is 0 Å². The van der Waals surface area contributed by atoms with Gasteiger partial charge in [0.15, 0.2) is 0 Å². The lowest BCUT2D eigenvalue weighted by molar-refractivity contribution is -0.148. The van der Waals surface area contributed by atoms with Gasteiger partial charge in [0.25, 0.3) is 0 Å². The highest BCUT2D eigenvalue weighted by Gasteiger charge is 2.51. The third-order valence-electron chi connectivity index (χ3n) is 6.16. The summed E-state index contributed by atoms with van der Waals surface area (Å²) in [6.45, 7) is 2.58. The average molecular weight is 396 g/mol. The molecule has 0 aliphatic carbocycles. The third kappa shape index (κ3) is 4.19. The van der Waals surface area contributed by atoms with Gasteiger partial charge < -0.3 is 10.2 Å². The summed E-state index contributed by atoms with van der Waals surface area (Å²) >= 11 is 0. The maximum Gasteiger partial charge on any atom is 0.243 e. The fraction of sp³-hybridized carbons (Fsp3) is 0.500. The number of hydrogen-bond donors (Lipinski definition) is 1. The largest absolute Gasteiger partial charge is 0.341 e. The number of nitrogens with zero attached hydrogens (tertiary/aromatic N) is 4. The van der Waals surface area contributed by atoms with Crippen molar-refractivity contribution in [3.05, 3.63) is 48.3 Å². The van der Waals surface area contributed by atoms with Gasteiger partial charge in [-0.1, -0.05) is 30.3 Å². The molecule has 2 aliphatic rings. The van der Waals surface area contributed by atoms with Crippen LogP contribution in [0, 0.1) is 0 Å². The topological polar surface area (TPSA) is 70.5 Å². The van der Waals surface area contributed by atoms with Crippen molar-refractivity contribution >= 4 is 17.5 Å². The minimum atomic E-state index is -0.513. The van der Waals surface area contributed by atoms with E-state index in [1.165, 1.54) is 5.56 Å². The van der Waals surface area contributed by atoms with Gasteiger partial charge in [0.1, 0.15) is 5.54 Å². The van der Waals surface area contributed by atoms with Crippen LogP contribution in [-0.4, -0.2) is 63.1 Å². The second kappa shape index (κ2) is 8.37. The summed E-state index contributed by atoms with van der Waals surface area (Å²) in [7, 11) is 1.82. The van der Waals surface area contributed by atoms with Gasteiger partial charge in [-0.05, 0) is 44.2 Å². The van der Waals surface area contributed by atoms with Crippen LogP contribution in [-0.2, 0) is 23.1 Å². The predicted molar refractivity (Wildman–Crippen MR) is 111 cm³/mol. The van der Waals surface area contributed by atoms with Gasteiger partial charge >= 0.3 is 0 Å². The Morgan fingerprint density at radius 2 is 1.93 bits per heavy atom. The number of aryl methyl sites for hydroxylation is 1. The Bertz CT molecular complexity index is 865. The number of benzene rings is 1. The Balaban J connectivity index is 1.40. The molecule has 1 aromatic carbocycles. The number of likely N-dealkylation sites (tertiary alicyclic amines) is 2. The van der Waals surface area contributed by atoms with Crippen molar-refractivity contribution in [2.45, 2.75) is 37.6 Å². The standard InChI is InChI=1S/C22H29N5O2/c1-25-16-19(15-23-25)24-20(28)17-27-13-6-11-22(27)10-5-12-26(21(22)29)14-9-18-7-3-2-4-8-18/h2-4,7-8,15-16H,5-6,9-14,17H2,1H3,(H,24,28). The van der Waals surface area contributed by atoms with E-state index >= 15 is 0 Å². The molecule has 4 rings (SSSR count). The van der Waals surface area contributed by atoms with E-state index in [9.17, 15) is 9.59 Å². The highest BCUT2D eigenvalue weighted by molar-refractivity contribution is 5.93. The maximum absolute atomic E-state index is 13.5. The molecule has 7 heteroatoms. The van der Waals surface area contributed by atoms with Gasteiger partial charge in [-0.2, -0.15) is 5.10 Å². The van der Waals surface area contributed by atoms with E-state index in [-0.39, 0.29) is 18.4 Å². The zero-order valence-electron chi connectivity index (χ0n) is 17.0. The number of hydrogen-bond acceptors (Lipinski definition) is 4. The van der Waals surface area contributed by atoms with Crippen molar-refractivity contribution < 1.29 is 9.59 Å². The minimum absolute atomic E-state index is 0.0894. The van der Waals surface area contributed by atoms with Crippen LogP contribution in [0.25, 0.3) is 0 Å². The van der Waals surface area contributed by atoms with Gasteiger partial charge in [0, 0.05) is 26.3 Å². The molecule has 2 aromatic rings. The van der Waals surface area contributed by atoms with E-state index < -0.39 is 5.54 Å². The zero-order valence-corrected chi connectivity index (χ0v) is 17.0. The van der Waals surface area contributed by atoms with Crippen LogP contribution in [0.1, 0.15) is 31.2 Å². The zero-order chi connectivity index (χ0) is 20.3. The lowest BCUT2D eigenvalue weighted by Crippen LogP contribution is -2.61. The van der Waals surface area contributed by atoms with E-state index in [1.54, 1.807) is 17.1 Å². The van der Waals surface area contributed by atoms with Crippen LogP contribution in [0.15, 0.2) is 42.7 Å². The molecule has 2 amide bonds. The van der Waals surface area contributed by atoms with Crippen LogP contribution in [0.2, 0.25) is 0 Å². The van der Waals surface area contributed by atoms with E-state index in [4.69, 9.17) is 0 Å².